The van der Waals surface area contributed by atoms with Crippen LogP contribution in [0.15, 0.2) is 40.5 Å². The summed E-state index contributed by atoms with van der Waals surface area (Å²) in [5.74, 6) is 1.83. The van der Waals surface area contributed by atoms with Gasteiger partial charge in [-0.3, -0.25) is 9.89 Å². The van der Waals surface area contributed by atoms with Gasteiger partial charge in [-0.05, 0) is 45.0 Å². The highest BCUT2D eigenvalue weighted by molar-refractivity contribution is 14.0. The van der Waals surface area contributed by atoms with E-state index in [1.807, 2.05) is 18.2 Å². The first kappa shape index (κ1) is 19.0. The van der Waals surface area contributed by atoms with Crippen molar-refractivity contribution in [3.63, 3.8) is 0 Å². The number of nitrogens with one attached hydrogen (secondary N) is 2. The van der Waals surface area contributed by atoms with Gasteiger partial charge in [0, 0.05) is 13.1 Å². The van der Waals surface area contributed by atoms with Crippen LogP contribution in [0.25, 0.3) is 0 Å². The molecule has 0 spiro atoms. The van der Waals surface area contributed by atoms with E-state index < -0.39 is 0 Å². The number of nitrogens with zero attached hydrogens (tertiary/aromatic N) is 2. The number of hydrogen-bond donors (Lipinski definition) is 2. The second-order valence-corrected chi connectivity index (χ2v) is 5.16. The second kappa shape index (κ2) is 10.7. The Balaban J connectivity index is 0.00000242. The maximum Gasteiger partial charge on any atom is 0.191 e. The number of guanidine groups is 1. The maximum atomic E-state index is 5.61. The Bertz CT molecular complexity index is 441. The normalized spacial score (nSPS) is 16.9. The third kappa shape index (κ3) is 5.64. The summed E-state index contributed by atoms with van der Waals surface area (Å²) in [6.45, 7) is 10.3. The van der Waals surface area contributed by atoms with Gasteiger partial charge in [0.2, 0.25) is 0 Å². The van der Waals surface area contributed by atoms with Crippen molar-refractivity contribution in [3.05, 3.63) is 36.8 Å². The molecule has 1 saturated heterocycles. The first-order valence-corrected chi connectivity index (χ1v) is 7.75. The van der Waals surface area contributed by atoms with E-state index in [1.54, 1.807) is 6.26 Å². The van der Waals surface area contributed by atoms with Crippen LogP contribution >= 0.6 is 24.0 Å². The van der Waals surface area contributed by atoms with E-state index in [2.05, 4.69) is 29.0 Å². The highest BCUT2D eigenvalue weighted by Crippen LogP contribution is 2.25. The predicted octanol–water partition coefficient (Wildman–Crippen LogP) is 2.78. The van der Waals surface area contributed by atoms with Gasteiger partial charge in [0.25, 0.3) is 0 Å². The minimum atomic E-state index is 0. The predicted molar refractivity (Wildman–Crippen MR) is 102 cm³/mol. The fourth-order valence-electron chi connectivity index (χ4n) is 2.61. The zero-order valence-corrected chi connectivity index (χ0v) is 15.6. The van der Waals surface area contributed by atoms with Crippen LogP contribution in [-0.4, -0.2) is 43.6 Å². The fourth-order valence-corrected chi connectivity index (χ4v) is 2.61. The lowest BCUT2D eigenvalue weighted by Gasteiger charge is -2.24. The van der Waals surface area contributed by atoms with Gasteiger partial charge in [-0.1, -0.05) is 6.08 Å². The Kier molecular flexibility index (Phi) is 9.22. The molecule has 1 aromatic heterocycles. The molecule has 0 aliphatic carbocycles. The van der Waals surface area contributed by atoms with Crippen molar-refractivity contribution in [1.29, 1.82) is 0 Å². The number of rotatable bonds is 7. The topological polar surface area (TPSA) is 52.8 Å². The van der Waals surface area contributed by atoms with Gasteiger partial charge >= 0.3 is 0 Å². The quantitative estimate of drug-likeness (QED) is 0.310. The first-order valence-electron chi connectivity index (χ1n) is 7.75. The molecule has 124 valence electrons. The summed E-state index contributed by atoms with van der Waals surface area (Å²) in [6, 6.07) is 4.22. The number of likely N-dealkylation sites (tertiary alicyclic amines) is 1. The Hall–Kier alpha value is -1.02. The number of halogens is 1. The Morgan fingerprint density at radius 2 is 2.23 bits per heavy atom. The summed E-state index contributed by atoms with van der Waals surface area (Å²) in [4.78, 5) is 7.15. The first-order chi connectivity index (χ1) is 10.3. The largest absolute Gasteiger partial charge is 0.468 e. The molecule has 1 aliphatic heterocycles. The zero-order valence-electron chi connectivity index (χ0n) is 13.3. The van der Waals surface area contributed by atoms with Gasteiger partial charge in [0.05, 0.1) is 18.8 Å². The van der Waals surface area contributed by atoms with Gasteiger partial charge < -0.3 is 15.1 Å². The number of furan rings is 1. The molecule has 22 heavy (non-hydrogen) atoms. The molecule has 6 heteroatoms. The average Bonchev–Trinajstić information content (AvgIpc) is 3.18. The van der Waals surface area contributed by atoms with Crippen LogP contribution in [0.5, 0.6) is 0 Å². The lowest BCUT2D eigenvalue weighted by Crippen LogP contribution is -2.38. The molecular formula is C16H27IN4O. The van der Waals surface area contributed by atoms with E-state index in [1.165, 1.54) is 12.8 Å². The van der Waals surface area contributed by atoms with E-state index in [4.69, 9.17) is 9.41 Å². The van der Waals surface area contributed by atoms with Crippen molar-refractivity contribution < 1.29 is 4.42 Å². The molecule has 0 bridgehead atoms. The minimum Gasteiger partial charge on any atom is -0.468 e. The Morgan fingerprint density at radius 3 is 2.82 bits per heavy atom. The van der Waals surface area contributed by atoms with E-state index in [9.17, 15) is 0 Å². The molecule has 0 radical (unpaired) electrons. The van der Waals surface area contributed by atoms with Gasteiger partial charge in [0.1, 0.15) is 5.76 Å². The summed E-state index contributed by atoms with van der Waals surface area (Å²) in [5.41, 5.74) is 0. The summed E-state index contributed by atoms with van der Waals surface area (Å²) in [6.07, 6.45) is 6.09. The van der Waals surface area contributed by atoms with Gasteiger partial charge in [-0.25, -0.2) is 0 Å². The SMILES string of the molecule is C=CCNC(=NCC(c1ccco1)N1CCCC1)NCC.I. The smallest absolute Gasteiger partial charge is 0.191 e. The van der Waals surface area contributed by atoms with Crippen molar-refractivity contribution in [3.8, 4) is 0 Å². The van der Waals surface area contributed by atoms with Gasteiger partial charge in [-0.15, -0.1) is 30.6 Å². The Labute approximate surface area is 150 Å². The summed E-state index contributed by atoms with van der Waals surface area (Å²) < 4.78 is 5.61. The highest BCUT2D eigenvalue weighted by Gasteiger charge is 2.25. The third-order valence-corrected chi connectivity index (χ3v) is 3.63. The van der Waals surface area contributed by atoms with Crippen molar-refractivity contribution in [2.24, 2.45) is 4.99 Å². The summed E-state index contributed by atoms with van der Waals surface area (Å²) >= 11 is 0. The molecule has 0 saturated carbocycles. The van der Waals surface area contributed by atoms with Crippen LogP contribution in [0.3, 0.4) is 0 Å². The molecule has 1 aromatic rings. The summed E-state index contributed by atoms with van der Waals surface area (Å²) in [5, 5.41) is 6.48. The lowest BCUT2D eigenvalue weighted by atomic mass is 10.2. The molecule has 5 nitrogen and oxygen atoms in total. The minimum absolute atomic E-state index is 0. The van der Waals surface area contributed by atoms with E-state index >= 15 is 0 Å². The van der Waals surface area contributed by atoms with Crippen molar-refractivity contribution in [1.82, 2.24) is 15.5 Å². The molecule has 2 heterocycles. The number of aliphatic imine (C=N–C) groups is 1. The van der Waals surface area contributed by atoms with Crippen molar-refractivity contribution >= 4 is 29.9 Å². The highest BCUT2D eigenvalue weighted by atomic mass is 127. The molecule has 1 unspecified atom stereocenters. The Morgan fingerprint density at radius 1 is 1.45 bits per heavy atom. The van der Waals surface area contributed by atoms with E-state index in [0.29, 0.717) is 13.1 Å². The molecule has 0 amide bonds. The molecule has 1 aliphatic rings. The molecular weight excluding hydrogens is 391 g/mol. The van der Waals surface area contributed by atoms with Crippen LogP contribution in [0, 0.1) is 0 Å². The van der Waals surface area contributed by atoms with E-state index in [0.717, 1.165) is 31.4 Å². The molecule has 2 N–H and O–H groups in total. The molecule has 1 atom stereocenters. The van der Waals surface area contributed by atoms with Gasteiger partial charge in [0.15, 0.2) is 5.96 Å². The average molecular weight is 418 g/mol. The summed E-state index contributed by atoms with van der Waals surface area (Å²) in [7, 11) is 0. The van der Waals surface area contributed by atoms with Crippen LogP contribution in [0.1, 0.15) is 31.6 Å². The van der Waals surface area contributed by atoms with Crippen molar-refractivity contribution in [2.45, 2.75) is 25.8 Å². The van der Waals surface area contributed by atoms with Crippen LogP contribution < -0.4 is 10.6 Å². The molecule has 1 fully saturated rings. The second-order valence-electron chi connectivity index (χ2n) is 5.16. The van der Waals surface area contributed by atoms with E-state index in [-0.39, 0.29) is 30.0 Å². The molecule has 0 aromatic carbocycles. The number of hydrogen-bond acceptors (Lipinski definition) is 3. The standard InChI is InChI=1S/C16H26N4O.HI/c1-3-9-18-16(17-4-2)19-13-14(15-8-7-12-21-15)20-10-5-6-11-20;/h3,7-8,12,14H,1,4-6,9-11,13H2,2H3,(H2,17,18,19);1H. The fraction of sp³-hybridized carbons (Fsp3) is 0.562. The van der Waals surface area contributed by atoms with Crippen LogP contribution in [-0.2, 0) is 0 Å². The molecule has 2 rings (SSSR count). The zero-order chi connectivity index (χ0) is 14.9. The monoisotopic (exact) mass is 418 g/mol. The lowest BCUT2D eigenvalue weighted by molar-refractivity contribution is 0.221. The van der Waals surface area contributed by atoms with Crippen LogP contribution in [0.2, 0.25) is 0 Å². The third-order valence-electron chi connectivity index (χ3n) is 3.63. The van der Waals surface area contributed by atoms with Crippen molar-refractivity contribution in [2.75, 3.05) is 32.7 Å². The van der Waals surface area contributed by atoms with Gasteiger partial charge in [-0.2, -0.15) is 0 Å². The maximum absolute atomic E-state index is 5.61. The van der Waals surface area contributed by atoms with Crippen LogP contribution in [0.4, 0.5) is 0 Å².